The maximum absolute atomic E-state index is 13.7. The Kier molecular flexibility index (Phi) is 7.50. The number of amides is 3. The molecular formula is C26H33ClN6O4. The van der Waals surface area contributed by atoms with E-state index in [0.29, 0.717) is 63.6 Å². The normalized spacial score (nSPS) is 24.5. The van der Waals surface area contributed by atoms with E-state index in [1.165, 1.54) is 6.33 Å². The van der Waals surface area contributed by atoms with Gasteiger partial charge in [0.1, 0.15) is 5.69 Å². The fraction of sp³-hybridized carbons (Fsp3) is 0.538. The van der Waals surface area contributed by atoms with E-state index < -0.39 is 11.3 Å². The number of benzene rings is 1. The second-order valence-corrected chi connectivity index (χ2v) is 10.6. The van der Waals surface area contributed by atoms with Crippen molar-refractivity contribution in [3.8, 4) is 0 Å². The van der Waals surface area contributed by atoms with Crippen molar-refractivity contribution in [3.63, 3.8) is 0 Å². The maximum Gasteiger partial charge on any atom is 0.275 e. The van der Waals surface area contributed by atoms with E-state index in [4.69, 9.17) is 22.1 Å². The summed E-state index contributed by atoms with van der Waals surface area (Å²) in [5.41, 5.74) is 5.97. The zero-order valence-electron chi connectivity index (χ0n) is 20.8. The first kappa shape index (κ1) is 25.7. The summed E-state index contributed by atoms with van der Waals surface area (Å²) in [6.07, 6.45) is 4.94. The van der Waals surface area contributed by atoms with Gasteiger partial charge in [-0.2, -0.15) is 0 Å². The zero-order chi connectivity index (χ0) is 26.0. The Balaban J connectivity index is 1.30. The molecule has 5 rings (SSSR count). The molecule has 1 aliphatic carbocycles. The number of imidazole rings is 1. The van der Waals surface area contributed by atoms with E-state index >= 15 is 0 Å². The molecule has 0 unspecified atom stereocenters. The molecule has 10 nitrogen and oxygen atoms in total. The first-order valence-electron chi connectivity index (χ1n) is 12.9. The van der Waals surface area contributed by atoms with Crippen LogP contribution in [0.5, 0.6) is 0 Å². The van der Waals surface area contributed by atoms with Crippen LogP contribution in [0.25, 0.3) is 0 Å². The van der Waals surface area contributed by atoms with Gasteiger partial charge in [-0.15, -0.1) is 0 Å². The molecule has 3 fully saturated rings. The Bertz CT molecular complexity index is 1160. The molecular weight excluding hydrogens is 496 g/mol. The molecule has 37 heavy (non-hydrogen) atoms. The van der Waals surface area contributed by atoms with Gasteiger partial charge in [-0.05, 0) is 50.3 Å². The highest BCUT2D eigenvalue weighted by atomic mass is 35.5. The highest BCUT2D eigenvalue weighted by Crippen LogP contribution is 2.47. The van der Waals surface area contributed by atoms with Crippen molar-refractivity contribution in [3.05, 3.63) is 47.0 Å². The molecule has 3 N–H and O–H groups in total. The lowest BCUT2D eigenvalue weighted by Crippen LogP contribution is -2.50. The van der Waals surface area contributed by atoms with Crippen molar-refractivity contribution >= 4 is 35.0 Å². The summed E-state index contributed by atoms with van der Waals surface area (Å²) in [7, 11) is 0. The van der Waals surface area contributed by atoms with Crippen LogP contribution in [-0.4, -0.2) is 89.5 Å². The highest BCUT2D eigenvalue weighted by Gasteiger charge is 2.49. The summed E-state index contributed by atoms with van der Waals surface area (Å²) in [4.78, 5) is 51.9. The number of hydrogen-bond donors (Lipinski definition) is 2. The average Bonchev–Trinajstić information content (AvgIpc) is 3.52. The molecule has 1 aromatic heterocycles. The second-order valence-electron chi connectivity index (χ2n) is 10.1. The molecule has 1 aromatic carbocycles. The fourth-order valence-electron chi connectivity index (χ4n) is 5.95. The lowest BCUT2D eigenvalue weighted by atomic mass is 9.71. The van der Waals surface area contributed by atoms with E-state index in [-0.39, 0.29) is 29.2 Å². The maximum atomic E-state index is 13.7. The Morgan fingerprint density at radius 1 is 1.19 bits per heavy atom. The van der Waals surface area contributed by atoms with Gasteiger partial charge in [0.2, 0.25) is 5.91 Å². The van der Waals surface area contributed by atoms with Crippen molar-refractivity contribution in [2.24, 2.45) is 11.1 Å². The lowest BCUT2D eigenvalue weighted by molar-refractivity contribution is -0.127. The van der Waals surface area contributed by atoms with E-state index in [1.54, 1.807) is 6.07 Å². The third-order valence-corrected chi connectivity index (χ3v) is 8.33. The second kappa shape index (κ2) is 10.8. The van der Waals surface area contributed by atoms with Gasteiger partial charge in [0.05, 0.1) is 25.0 Å². The van der Waals surface area contributed by atoms with Gasteiger partial charge in [0.15, 0.2) is 5.69 Å². The molecule has 1 saturated carbocycles. The number of morpholine rings is 1. The van der Waals surface area contributed by atoms with E-state index in [0.717, 1.165) is 25.2 Å². The monoisotopic (exact) mass is 528 g/mol. The minimum Gasteiger partial charge on any atom is -0.379 e. The molecule has 3 aliphatic rings. The molecule has 0 radical (unpaired) electrons. The molecule has 198 valence electrons. The molecule has 2 aliphatic heterocycles. The Hall–Kier alpha value is -2.95. The number of rotatable bonds is 7. The standard InChI is InChI=1S/C26H33ClN6O4/c27-18-2-1-3-20(16-18)33-9-8-26(25(33)36)6-4-19(5-7-26)32(11-10-31-12-14-37-15-13-31)24(35)22-21(23(28)34)29-17-30-22/h1-3,16-17,19H,4-15H2,(H2,28,34)(H,29,30)/t19-,26-. The number of aromatic amines is 1. The van der Waals surface area contributed by atoms with Crippen molar-refractivity contribution in [2.75, 3.05) is 50.8 Å². The molecule has 0 bridgehead atoms. The van der Waals surface area contributed by atoms with Gasteiger partial charge in [-0.3, -0.25) is 19.3 Å². The SMILES string of the molecule is NC(=O)c1[nH]cnc1C(=O)N(CCN1CCOCC1)[C@H]1CC[C@@]2(CCN(c3cccc(Cl)c3)C2=O)CC1. The van der Waals surface area contributed by atoms with Gasteiger partial charge < -0.3 is 25.3 Å². The number of nitrogens with one attached hydrogen (secondary N) is 1. The number of carbonyl (C=O) groups is 3. The molecule has 2 saturated heterocycles. The molecule has 3 heterocycles. The predicted octanol–water partition coefficient (Wildman–Crippen LogP) is 2.30. The smallest absolute Gasteiger partial charge is 0.275 e. The average molecular weight is 529 g/mol. The van der Waals surface area contributed by atoms with Crippen LogP contribution < -0.4 is 10.6 Å². The Morgan fingerprint density at radius 2 is 1.95 bits per heavy atom. The van der Waals surface area contributed by atoms with Crippen LogP contribution in [0.1, 0.15) is 53.1 Å². The molecule has 1 spiro atoms. The van der Waals surface area contributed by atoms with Gasteiger partial charge in [-0.25, -0.2) is 4.98 Å². The van der Waals surface area contributed by atoms with E-state index in [1.807, 2.05) is 28.0 Å². The number of H-pyrrole nitrogens is 1. The highest BCUT2D eigenvalue weighted by molar-refractivity contribution is 6.31. The number of aromatic nitrogens is 2. The van der Waals surface area contributed by atoms with Crippen LogP contribution in [0.15, 0.2) is 30.6 Å². The van der Waals surface area contributed by atoms with Crippen LogP contribution in [-0.2, 0) is 9.53 Å². The summed E-state index contributed by atoms with van der Waals surface area (Å²) >= 11 is 6.17. The van der Waals surface area contributed by atoms with Crippen molar-refractivity contribution in [1.82, 2.24) is 19.8 Å². The van der Waals surface area contributed by atoms with Crippen molar-refractivity contribution < 1.29 is 19.1 Å². The van der Waals surface area contributed by atoms with Crippen molar-refractivity contribution in [2.45, 2.75) is 38.1 Å². The minimum absolute atomic E-state index is 0.0248. The van der Waals surface area contributed by atoms with E-state index in [9.17, 15) is 14.4 Å². The first-order valence-corrected chi connectivity index (χ1v) is 13.3. The summed E-state index contributed by atoms with van der Waals surface area (Å²) in [6, 6.07) is 7.36. The summed E-state index contributed by atoms with van der Waals surface area (Å²) < 4.78 is 5.45. The van der Waals surface area contributed by atoms with Crippen LogP contribution in [0.4, 0.5) is 5.69 Å². The van der Waals surface area contributed by atoms with Gasteiger partial charge in [0.25, 0.3) is 11.8 Å². The summed E-state index contributed by atoms with van der Waals surface area (Å²) in [5, 5.41) is 0.609. The quantitative estimate of drug-likeness (QED) is 0.568. The summed E-state index contributed by atoms with van der Waals surface area (Å²) in [6.45, 7) is 4.86. The topological polar surface area (TPSA) is 125 Å². The number of anilines is 1. The van der Waals surface area contributed by atoms with Crippen LogP contribution in [0, 0.1) is 5.41 Å². The van der Waals surface area contributed by atoms with Gasteiger partial charge >= 0.3 is 0 Å². The number of nitrogens with zero attached hydrogens (tertiary/aromatic N) is 4. The molecule has 11 heteroatoms. The Morgan fingerprint density at radius 3 is 2.65 bits per heavy atom. The number of ether oxygens (including phenoxy) is 1. The van der Waals surface area contributed by atoms with E-state index in [2.05, 4.69) is 14.9 Å². The largest absolute Gasteiger partial charge is 0.379 e. The third-order valence-electron chi connectivity index (χ3n) is 8.10. The number of hydrogen-bond acceptors (Lipinski definition) is 6. The minimum atomic E-state index is -0.714. The predicted molar refractivity (Wildman–Crippen MR) is 139 cm³/mol. The fourth-order valence-corrected chi connectivity index (χ4v) is 6.13. The van der Waals surface area contributed by atoms with Crippen LogP contribution >= 0.6 is 11.6 Å². The first-order chi connectivity index (χ1) is 17.9. The number of primary amides is 1. The van der Waals surface area contributed by atoms with Gasteiger partial charge in [-0.1, -0.05) is 17.7 Å². The molecule has 0 atom stereocenters. The number of halogens is 1. The third kappa shape index (κ3) is 5.23. The van der Waals surface area contributed by atoms with Crippen LogP contribution in [0.2, 0.25) is 5.02 Å². The van der Waals surface area contributed by atoms with Gasteiger partial charge in [0, 0.05) is 49.5 Å². The number of carbonyl (C=O) groups excluding carboxylic acids is 3. The molecule has 2 aromatic rings. The zero-order valence-corrected chi connectivity index (χ0v) is 21.6. The number of nitrogens with two attached hydrogens (primary N) is 1. The lowest BCUT2D eigenvalue weighted by Gasteiger charge is -2.41. The van der Waals surface area contributed by atoms with Crippen LogP contribution in [0.3, 0.4) is 0 Å². The Labute approximate surface area is 221 Å². The van der Waals surface area contributed by atoms with Crippen molar-refractivity contribution in [1.29, 1.82) is 0 Å². The summed E-state index contributed by atoms with van der Waals surface area (Å²) in [5.74, 6) is -0.875. The molecule has 3 amide bonds.